The summed E-state index contributed by atoms with van der Waals surface area (Å²) in [5, 5.41) is 11.0. The van der Waals surface area contributed by atoms with E-state index in [1.807, 2.05) is 36.4 Å². The Kier molecular flexibility index (Phi) is 6.28. The van der Waals surface area contributed by atoms with Crippen molar-refractivity contribution in [3.8, 4) is 72.8 Å². The molecule has 8 aromatic rings. The minimum Gasteiger partial charge on any atom is -0.508 e. The van der Waals surface area contributed by atoms with Crippen LogP contribution in [0.1, 0.15) is 22.3 Å². The lowest BCUT2D eigenvalue weighted by molar-refractivity contribution is 0.476. The van der Waals surface area contributed by atoms with E-state index in [0.717, 1.165) is 44.8 Å². The van der Waals surface area contributed by atoms with E-state index in [1.54, 1.807) is 0 Å². The van der Waals surface area contributed by atoms with E-state index in [9.17, 15) is 5.11 Å². The summed E-state index contributed by atoms with van der Waals surface area (Å²) in [5.74, 6) is 0.213. The van der Waals surface area contributed by atoms with Gasteiger partial charge in [-0.1, -0.05) is 152 Å². The lowest BCUT2D eigenvalue weighted by atomic mass is 9.70. The Morgan fingerprint density at radius 3 is 1.48 bits per heavy atom. The molecule has 0 unspecified atom stereocenters. The molecule has 0 atom stereocenters. The molecule has 0 amide bonds. The molecule has 2 aliphatic carbocycles. The van der Waals surface area contributed by atoms with Gasteiger partial charge < -0.3 is 5.11 Å². The smallest absolute Gasteiger partial charge is 0.116 e. The normalized spacial score (nSPS) is 13.0. The zero-order valence-corrected chi connectivity index (χ0v) is 27.2. The number of nitrogens with zero attached hydrogens (tertiary/aromatic N) is 1. The quantitative estimate of drug-likeness (QED) is 0.208. The maximum absolute atomic E-state index is 11.0. The third-order valence-corrected chi connectivity index (χ3v) is 10.5. The van der Waals surface area contributed by atoms with E-state index in [0.29, 0.717) is 0 Å². The summed E-state index contributed by atoms with van der Waals surface area (Å²) in [6.45, 7) is 0. The van der Waals surface area contributed by atoms with Gasteiger partial charge in [-0.3, -0.25) is 0 Å². The van der Waals surface area contributed by atoms with Crippen LogP contribution in [0.25, 0.3) is 67.0 Å². The average molecular weight is 638 g/mol. The molecule has 234 valence electrons. The number of benzene rings is 7. The monoisotopic (exact) mass is 637 g/mol. The minimum atomic E-state index is -0.414. The third-order valence-electron chi connectivity index (χ3n) is 10.5. The molecule has 1 spiro atoms. The largest absolute Gasteiger partial charge is 0.508 e. The summed E-state index contributed by atoms with van der Waals surface area (Å²) < 4.78 is 0. The second kappa shape index (κ2) is 11.0. The molecule has 2 aliphatic rings. The van der Waals surface area contributed by atoms with E-state index in [4.69, 9.17) is 4.98 Å². The SMILES string of the molecule is Oc1cc(-c2ccccc2)cc(-c2cc(-c3cccc4c3-c3ccccc3C43c4ccccc4-c4ccccc43)cc(-c3ccccc3)n2)c1. The number of aromatic nitrogens is 1. The van der Waals surface area contributed by atoms with Crippen LogP contribution in [-0.2, 0) is 5.41 Å². The minimum absolute atomic E-state index is 0.213. The molecule has 2 nitrogen and oxygen atoms in total. The van der Waals surface area contributed by atoms with Crippen LogP contribution in [0.5, 0.6) is 5.75 Å². The summed E-state index contributed by atoms with van der Waals surface area (Å²) in [6, 6.07) is 64.3. The molecule has 0 saturated heterocycles. The molecule has 0 aliphatic heterocycles. The van der Waals surface area contributed by atoms with Crippen molar-refractivity contribution in [1.82, 2.24) is 4.98 Å². The van der Waals surface area contributed by atoms with E-state index in [2.05, 4.69) is 146 Å². The molecule has 2 heteroatoms. The van der Waals surface area contributed by atoms with E-state index >= 15 is 0 Å². The van der Waals surface area contributed by atoms with Crippen molar-refractivity contribution in [3.63, 3.8) is 0 Å². The highest BCUT2D eigenvalue weighted by Crippen LogP contribution is 2.64. The molecule has 0 radical (unpaired) electrons. The molecule has 7 aromatic carbocycles. The van der Waals surface area contributed by atoms with Crippen molar-refractivity contribution >= 4 is 0 Å². The van der Waals surface area contributed by atoms with Gasteiger partial charge >= 0.3 is 0 Å². The van der Waals surface area contributed by atoms with E-state index in [1.165, 1.54) is 44.5 Å². The molecular formula is C48H31NO. The highest BCUT2D eigenvalue weighted by atomic mass is 16.3. The summed E-state index contributed by atoms with van der Waals surface area (Å²) in [6.07, 6.45) is 0. The van der Waals surface area contributed by atoms with Gasteiger partial charge in [0, 0.05) is 11.1 Å². The van der Waals surface area contributed by atoms with Crippen LogP contribution in [0, 0.1) is 0 Å². The van der Waals surface area contributed by atoms with Crippen molar-refractivity contribution in [3.05, 3.63) is 204 Å². The molecule has 1 aromatic heterocycles. The number of hydrogen-bond donors (Lipinski definition) is 1. The molecule has 0 saturated carbocycles. The van der Waals surface area contributed by atoms with Gasteiger partial charge in [0.1, 0.15) is 5.75 Å². The number of rotatable bonds is 4. The number of phenolic OH excluding ortho intramolecular Hbond substituents is 1. The Morgan fingerprint density at radius 2 is 0.820 bits per heavy atom. The van der Waals surface area contributed by atoms with Gasteiger partial charge in [-0.15, -0.1) is 0 Å². The fraction of sp³-hybridized carbons (Fsp3) is 0.0208. The Labute approximate surface area is 291 Å². The molecule has 50 heavy (non-hydrogen) atoms. The fourth-order valence-electron chi connectivity index (χ4n) is 8.53. The number of fused-ring (bicyclic) bond motifs is 10. The van der Waals surface area contributed by atoms with Crippen molar-refractivity contribution in [2.45, 2.75) is 5.41 Å². The number of hydrogen-bond acceptors (Lipinski definition) is 2. The highest BCUT2D eigenvalue weighted by Gasteiger charge is 2.51. The van der Waals surface area contributed by atoms with Crippen LogP contribution < -0.4 is 0 Å². The van der Waals surface area contributed by atoms with Crippen LogP contribution in [0.4, 0.5) is 0 Å². The lowest BCUT2D eigenvalue weighted by Gasteiger charge is -2.30. The van der Waals surface area contributed by atoms with Gasteiger partial charge in [-0.05, 0) is 97.1 Å². The molecule has 1 N–H and O–H groups in total. The first-order valence-corrected chi connectivity index (χ1v) is 17.1. The first kappa shape index (κ1) is 28.5. The highest BCUT2D eigenvalue weighted by molar-refractivity contribution is 6.00. The second-order valence-electron chi connectivity index (χ2n) is 13.2. The molecule has 0 bridgehead atoms. The Balaban J connectivity index is 1.25. The van der Waals surface area contributed by atoms with Crippen molar-refractivity contribution < 1.29 is 5.11 Å². The van der Waals surface area contributed by atoms with Gasteiger partial charge in [0.15, 0.2) is 0 Å². The van der Waals surface area contributed by atoms with Gasteiger partial charge in [0.2, 0.25) is 0 Å². The average Bonchev–Trinajstić information content (AvgIpc) is 3.66. The molecule has 1 heterocycles. The van der Waals surface area contributed by atoms with Crippen molar-refractivity contribution in [1.29, 1.82) is 0 Å². The number of pyridine rings is 1. The third kappa shape index (κ3) is 4.12. The lowest BCUT2D eigenvalue weighted by Crippen LogP contribution is -2.25. The van der Waals surface area contributed by atoms with Crippen molar-refractivity contribution in [2.75, 3.05) is 0 Å². The standard InChI is InChI=1S/C48H31NO/c50-36-27-33(31-14-3-1-4-15-31)26-35(28-36)46-30-34(29-45(49-46)32-16-5-2-6-17-32)37-21-13-25-44-47(37)40-20-9-12-24-43(40)48(44)41-22-10-7-18-38(41)39-19-8-11-23-42(39)48/h1-30,50H. The van der Waals surface area contributed by atoms with Gasteiger partial charge in [-0.25, -0.2) is 4.98 Å². The Morgan fingerprint density at radius 1 is 0.340 bits per heavy atom. The van der Waals surface area contributed by atoms with Crippen molar-refractivity contribution in [2.24, 2.45) is 0 Å². The molecule has 0 fully saturated rings. The van der Waals surface area contributed by atoms with Crippen LogP contribution in [0.2, 0.25) is 0 Å². The van der Waals surface area contributed by atoms with Crippen LogP contribution >= 0.6 is 0 Å². The predicted octanol–water partition coefficient (Wildman–Crippen LogP) is 11.8. The van der Waals surface area contributed by atoms with Gasteiger partial charge in [0.25, 0.3) is 0 Å². The van der Waals surface area contributed by atoms with Crippen LogP contribution in [-0.4, -0.2) is 10.1 Å². The second-order valence-corrected chi connectivity index (χ2v) is 13.2. The Bertz CT molecular complexity index is 2560. The number of aromatic hydroxyl groups is 1. The topological polar surface area (TPSA) is 33.1 Å². The Hall–Kier alpha value is -6.51. The first-order valence-electron chi connectivity index (χ1n) is 17.1. The van der Waals surface area contributed by atoms with E-state index in [-0.39, 0.29) is 5.75 Å². The maximum Gasteiger partial charge on any atom is 0.116 e. The zero-order chi connectivity index (χ0) is 33.2. The van der Waals surface area contributed by atoms with Crippen LogP contribution in [0.3, 0.4) is 0 Å². The predicted molar refractivity (Wildman–Crippen MR) is 204 cm³/mol. The maximum atomic E-state index is 11.0. The summed E-state index contributed by atoms with van der Waals surface area (Å²) in [4.78, 5) is 5.23. The van der Waals surface area contributed by atoms with Crippen LogP contribution in [0.15, 0.2) is 182 Å². The first-order chi connectivity index (χ1) is 24.7. The zero-order valence-electron chi connectivity index (χ0n) is 27.2. The number of phenols is 1. The van der Waals surface area contributed by atoms with Gasteiger partial charge in [0.05, 0.1) is 16.8 Å². The molecular weight excluding hydrogens is 607 g/mol. The summed E-state index contributed by atoms with van der Waals surface area (Å²) >= 11 is 0. The fourth-order valence-corrected chi connectivity index (χ4v) is 8.53. The van der Waals surface area contributed by atoms with Gasteiger partial charge in [-0.2, -0.15) is 0 Å². The summed E-state index contributed by atoms with van der Waals surface area (Å²) in [5.41, 5.74) is 17.8. The van der Waals surface area contributed by atoms with E-state index < -0.39 is 5.41 Å². The summed E-state index contributed by atoms with van der Waals surface area (Å²) in [7, 11) is 0. The molecule has 10 rings (SSSR count).